The molecule has 0 aromatic carbocycles. The van der Waals surface area contributed by atoms with E-state index in [-0.39, 0.29) is 12.5 Å². The Morgan fingerprint density at radius 1 is 0.463 bits per heavy atom. The zero-order valence-electron chi connectivity index (χ0n) is 36.0. The Balaban J connectivity index is 3.36. The van der Waals surface area contributed by atoms with Gasteiger partial charge in [0.05, 0.1) is 18.8 Å². The maximum absolute atomic E-state index is 12.3. The van der Waals surface area contributed by atoms with Gasteiger partial charge < -0.3 is 15.5 Å². The average Bonchev–Trinajstić information content (AvgIpc) is 3.18. The van der Waals surface area contributed by atoms with E-state index in [0.717, 1.165) is 57.8 Å². The van der Waals surface area contributed by atoms with Gasteiger partial charge in [-0.25, -0.2) is 0 Å². The van der Waals surface area contributed by atoms with Crippen LogP contribution in [0, 0.1) is 0 Å². The zero-order valence-corrected chi connectivity index (χ0v) is 36.0. The lowest BCUT2D eigenvalue weighted by Crippen LogP contribution is -2.45. The standard InChI is InChI=1S/C50H91NO3/c1-3-5-7-9-10-11-12-13-14-15-16-17-18-19-20-21-22-23-24-25-26-27-28-29-30-31-32-33-34-35-36-37-38-39-40-42-44-46-50(54)51-48(47-52)49(53)45-43-41-8-6-4-2/h5,7,10-11,13-14,16-17,19-20,48-49,52-53H,3-4,6,8-9,12,15,18,21-47H2,1-2H3,(H,51,54)/b7-5-,11-10-,14-13-,17-16-,20-19-. The second-order valence-electron chi connectivity index (χ2n) is 15.8. The molecule has 0 aliphatic carbocycles. The summed E-state index contributed by atoms with van der Waals surface area (Å²) >= 11 is 0. The van der Waals surface area contributed by atoms with Crippen LogP contribution in [0.5, 0.6) is 0 Å². The third kappa shape index (κ3) is 41.3. The molecule has 0 spiro atoms. The minimum absolute atomic E-state index is 0.0374. The fourth-order valence-electron chi connectivity index (χ4n) is 6.98. The first kappa shape index (κ1) is 52.1. The summed E-state index contributed by atoms with van der Waals surface area (Å²) in [7, 11) is 0. The molecule has 0 radical (unpaired) electrons. The predicted octanol–water partition coefficient (Wildman–Crippen LogP) is 14.9. The second-order valence-corrected chi connectivity index (χ2v) is 15.8. The number of carbonyl (C=O) groups excluding carboxylic acids is 1. The van der Waals surface area contributed by atoms with Crippen LogP contribution in [-0.2, 0) is 4.79 Å². The van der Waals surface area contributed by atoms with Crippen molar-refractivity contribution in [2.75, 3.05) is 6.61 Å². The van der Waals surface area contributed by atoms with Gasteiger partial charge in [-0.2, -0.15) is 0 Å². The van der Waals surface area contributed by atoms with E-state index in [4.69, 9.17) is 0 Å². The van der Waals surface area contributed by atoms with Crippen LogP contribution >= 0.6 is 0 Å². The summed E-state index contributed by atoms with van der Waals surface area (Å²) < 4.78 is 0. The van der Waals surface area contributed by atoms with Crippen molar-refractivity contribution in [3.63, 3.8) is 0 Å². The zero-order chi connectivity index (χ0) is 39.3. The number of hydrogen-bond donors (Lipinski definition) is 3. The first-order valence-electron chi connectivity index (χ1n) is 23.5. The summed E-state index contributed by atoms with van der Waals surface area (Å²) in [5, 5.41) is 22.8. The third-order valence-corrected chi connectivity index (χ3v) is 10.5. The Labute approximate surface area is 336 Å². The minimum atomic E-state index is -0.654. The molecule has 4 heteroatoms. The lowest BCUT2D eigenvalue weighted by atomic mass is 10.0. The van der Waals surface area contributed by atoms with Crippen molar-refractivity contribution in [2.24, 2.45) is 0 Å². The van der Waals surface area contributed by atoms with Crippen LogP contribution in [0.15, 0.2) is 60.8 Å². The van der Waals surface area contributed by atoms with Crippen molar-refractivity contribution in [2.45, 2.75) is 244 Å². The molecule has 0 aromatic rings. The highest BCUT2D eigenvalue weighted by Crippen LogP contribution is 2.16. The molecule has 0 aromatic heterocycles. The van der Waals surface area contributed by atoms with E-state index in [9.17, 15) is 15.0 Å². The largest absolute Gasteiger partial charge is 0.394 e. The number of allylic oxidation sites excluding steroid dienone is 10. The van der Waals surface area contributed by atoms with Gasteiger partial charge in [-0.05, 0) is 57.8 Å². The summed E-state index contributed by atoms with van der Waals surface area (Å²) in [6.07, 6.45) is 63.7. The molecule has 0 rings (SSSR count). The Morgan fingerprint density at radius 3 is 1.22 bits per heavy atom. The number of rotatable bonds is 42. The van der Waals surface area contributed by atoms with Gasteiger partial charge in [0.2, 0.25) is 5.91 Å². The van der Waals surface area contributed by atoms with Crippen molar-refractivity contribution in [3.8, 4) is 0 Å². The van der Waals surface area contributed by atoms with Crippen molar-refractivity contribution >= 4 is 5.91 Å². The Bertz CT molecular complexity index is 904. The number of aliphatic hydroxyl groups is 2. The highest BCUT2D eigenvalue weighted by molar-refractivity contribution is 5.76. The molecular weight excluding hydrogens is 663 g/mol. The fourth-order valence-corrected chi connectivity index (χ4v) is 6.98. The average molecular weight is 754 g/mol. The first-order valence-corrected chi connectivity index (χ1v) is 23.5. The van der Waals surface area contributed by atoms with Gasteiger partial charge in [-0.3, -0.25) is 4.79 Å². The topological polar surface area (TPSA) is 69.6 Å². The lowest BCUT2D eigenvalue weighted by Gasteiger charge is -2.22. The Morgan fingerprint density at radius 2 is 0.815 bits per heavy atom. The molecule has 0 bridgehead atoms. The van der Waals surface area contributed by atoms with E-state index in [1.165, 1.54) is 148 Å². The van der Waals surface area contributed by atoms with E-state index in [0.29, 0.717) is 12.8 Å². The lowest BCUT2D eigenvalue weighted by molar-refractivity contribution is -0.123. The van der Waals surface area contributed by atoms with Gasteiger partial charge in [-0.1, -0.05) is 229 Å². The van der Waals surface area contributed by atoms with E-state index >= 15 is 0 Å². The summed E-state index contributed by atoms with van der Waals surface area (Å²) in [5.74, 6) is -0.0374. The number of aliphatic hydroxyl groups excluding tert-OH is 2. The molecule has 54 heavy (non-hydrogen) atoms. The molecule has 3 N–H and O–H groups in total. The van der Waals surface area contributed by atoms with Gasteiger partial charge in [-0.15, -0.1) is 0 Å². The summed E-state index contributed by atoms with van der Waals surface area (Å²) in [6, 6.07) is -0.531. The first-order chi connectivity index (χ1) is 26.7. The van der Waals surface area contributed by atoms with Crippen LogP contribution in [0.2, 0.25) is 0 Å². The molecule has 0 aliphatic rings. The molecule has 0 saturated carbocycles. The SMILES string of the molecule is CC/C=C\C/C=C\C/C=C\C/C=C\C/C=C\CCCCCCCCCCCCCCCCCCCCCCCC(=O)NC(CO)C(O)CCCCCCC. The number of unbranched alkanes of at least 4 members (excludes halogenated alkanes) is 25. The number of carbonyl (C=O) groups is 1. The van der Waals surface area contributed by atoms with Gasteiger partial charge in [0, 0.05) is 6.42 Å². The van der Waals surface area contributed by atoms with Crippen LogP contribution in [0.1, 0.15) is 232 Å². The maximum Gasteiger partial charge on any atom is 0.220 e. The maximum atomic E-state index is 12.3. The predicted molar refractivity (Wildman–Crippen MR) is 239 cm³/mol. The molecule has 2 atom stereocenters. The number of amides is 1. The third-order valence-electron chi connectivity index (χ3n) is 10.5. The number of nitrogens with one attached hydrogen (secondary N) is 1. The van der Waals surface area contributed by atoms with Crippen molar-refractivity contribution in [1.82, 2.24) is 5.32 Å². The van der Waals surface area contributed by atoms with Crippen LogP contribution < -0.4 is 5.32 Å². The molecule has 0 aliphatic heterocycles. The van der Waals surface area contributed by atoms with Gasteiger partial charge in [0.25, 0.3) is 0 Å². The second kappa shape index (κ2) is 45.5. The number of hydrogen-bond acceptors (Lipinski definition) is 3. The molecule has 0 fully saturated rings. The van der Waals surface area contributed by atoms with Crippen LogP contribution in [-0.4, -0.2) is 34.9 Å². The van der Waals surface area contributed by atoms with Gasteiger partial charge >= 0.3 is 0 Å². The Hall–Kier alpha value is -1.91. The molecular formula is C50H91NO3. The van der Waals surface area contributed by atoms with Gasteiger partial charge in [0.1, 0.15) is 0 Å². The van der Waals surface area contributed by atoms with Crippen molar-refractivity contribution in [1.29, 1.82) is 0 Å². The summed E-state index contributed by atoms with van der Waals surface area (Å²) in [4.78, 5) is 12.3. The highest BCUT2D eigenvalue weighted by Gasteiger charge is 2.19. The molecule has 314 valence electrons. The highest BCUT2D eigenvalue weighted by atomic mass is 16.3. The Kier molecular flexibility index (Phi) is 43.9. The molecule has 0 saturated heterocycles. The van der Waals surface area contributed by atoms with Crippen LogP contribution in [0.4, 0.5) is 0 Å². The normalized spacial score (nSPS) is 13.5. The van der Waals surface area contributed by atoms with Crippen LogP contribution in [0.25, 0.3) is 0 Å². The quantitative estimate of drug-likeness (QED) is 0.0429. The van der Waals surface area contributed by atoms with E-state index in [1.54, 1.807) is 0 Å². The van der Waals surface area contributed by atoms with Crippen LogP contribution in [0.3, 0.4) is 0 Å². The molecule has 4 nitrogen and oxygen atoms in total. The molecule has 2 unspecified atom stereocenters. The van der Waals surface area contributed by atoms with Gasteiger partial charge in [0.15, 0.2) is 0 Å². The minimum Gasteiger partial charge on any atom is -0.394 e. The van der Waals surface area contributed by atoms with E-state index in [1.807, 2.05) is 0 Å². The van der Waals surface area contributed by atoms with E-state index in [2.05, 4.69) is 79.9 Å². The van der Waals surface area contributed by atoms with Crippen molar-refractivity contribution in [3.05, 3.63) is 60.8 Å². The smallest absolute Gasteiger partial charge is 0.220 e. The molecule has 0 heterocycles. The monoisotopic (exact) mass is 754 g/mol. The summed E-state index contributed by atoms with van der Waals surface area (Å²) in [5.41, 5.74) is 0. The van der Waals surface area contributed by atoms with E-state index < -0.39 is 12.1 Å². The molecule has 1 amide bonds. The van der Waals surface area contributed by atoms with Crippen molar-refractivity contribution < 1.29 is 15.0 Å². The fraction of sp³-hybridized carbons (Fsp3) is 0.780. The summed E-state index contributed by atoms with van der Waals surface area (Å²) in [6.45, 7) is 4.17.